The van der Waals surface area contributed by atoms with Crippen molar-refractivity contribution in [1.29, 1.82) is 0 Å². The van der Waals surface area contributed by atoms with Gasteiger partial charge in [-0.25, -0.2) is 4.98 Å². The van der Waals surface area contributed by atoms with Crippen molar-refractivity contribution in [2.75, 3.05) is 34.5 Å². The summed E-state index contributed by atoms with van der Waals surface area (Å²) in [6.07, 6.45) is 4.22. The largest absolute Gasteiger partial charge is 0.497 e. The lowest BCUT2D eigenvalue weighted by Gasteiger charge is -2.27. The molecule has 2 aromatic carbocycles. The number of aryl methyl sites for hydroxylation is 2. The number of carbonyl (C=O) groups excluding carboxylic acids is 1. The van der Waals surface area contributed by atoms with Crippen LogP contribution in [0.1, 0.15) is 30.5 Å². The minimum atomic E-state index is 0.0222. The molecule has 1 saturated heterocycles. The van der Waals surface area contributed by atoms with Crippen molar-refractivity contribution in [3.05, 3.63) is 66.0 Å². The fraction of sp³-hybridized carbons (Fsp3) is 0.387. The molecule has 0 aliphatic carbocycles. The number of nitrogens with zero attached hydrogens (tertiary/aromatic N) is 4. The molecular weight excluding hydrogens is 508 g/mol. The molecule has 0 radical (unpaired) electrons. The zero-order valence-corrected chi connectivity index (χ0v) is 23.6. The van der Waals surface area contributed by atoms with Crippen LogP contribution >= 0.6 is 0 Å². The number of benzene rings is 2. The van der Waals surface area contributed by atoms with Gasteiger partial charge in [0.2, 0.25) is 5.91 Å². The summed E-state index contributed by atoms with van der Waals surface area (Å²) in [6.45, 7) is 4.11. The van der Waals surface area contributed by atoms with E-state index in [0.717, 1.165) is 58.6 Å². The van der Waals surface area contributed by atoms with Crippen molar-refractivity contribution in [2.45, 2.75) is 45.4 Å². The Balaban J connectivity index is 1.54. The number of aromatic nitrogens is 3. The van der Waals surface area contributed by atoms with Gasteiger partial charge in [0.25, 0.3) is 0 Å². The summed E-state index contributed by atoms with van der Waals surface area (Å²) in [5.74, 6) is 2.02. The van der Waals surface area contributed by atoms with Gasteiger partial charge >= 0.3 is 0 Å². The van der Waals surface area contributed by atoms with E-state index in [9.17, 15) is 4.79 Å². The van der Waals surface area contributed by atoms with E-state index in [1.165, 1.54) is 0 Å². The first-order valence-corrected chi connectivity index (χ1v) is 13.6. The van der Waals surface area contributed by atoms with Gasteiger partial charge in [0.1, 0.15) is 5.75 Å². The van der Waals surface area contributed by atoms with E-state index in [1.54, 1.807) is 21.3 Å². The highest BCUT2D eigenvalue weighted by Crippen LogP contribution is 2.35. The number of carbonyl (C=O) groups is 1. The topological polar surface area (TPSA) is 87.9 Å². The molecule has 1 aliphatic rings. The molecule has 0 N–H and O–H groups in total. The number of methoxy groups -OCH3 is 3. The van der Waals surface area contributed by atoms with Crippen molar-refractivity contribution < 1.29 is 23.7 Å². The van der Waals surface area contributed by atoms with Crippen molar-refractivity contribution in [3.63, 3.8) is 0 Å². The lowest BCUT2D eigenvalue weighted by atomic mass is 10.0. The monoisotopic (exact) mass is 544 g/mol. The fourth-order valence-electron chi connectivity index (χ4n) is 5.14. The van der Waals surface area contributed by atoms with Crippen LogP contribution in [-0.2, 0) is 22.6 Å². The summed E-state index contributed by atoms with van der Waals surface area (Å²) < 4.78 is 24.3. The summed E-state index contributed by atoms with van der Waals surface area (Å²) in [4.78, 5) is 20.6. The van der Waals surface area contributed by atoms with Crippen LogP contribution in [0.5, 0.6) is 17.2 Å². The molecule has 1 fully saturated rings. The van der Waals surface area contributed by atoms with Gasteiger partial charge in [-0.1, -0.05) is 12.1 Å². The summed E-state index contributed by atoms with van der Waals surface area (Å²) in [5, 5.41) is 5.34. The Hall–Kier alpha value is -4.11. The summed E-state index contributed by atoms with van der Waals surface area (Å²) >= 11 is 0. The van der Waals surface area contributed by atoms with Crippen LogP contribution in [0.25, 0.3) is 22.2 Å². The third-order valence-corrected chi connectivity index (χ3v) is 7.23. The van der Waals surface area contributed by atoms with Crippen LogP contribution in [0.4, 0.5) is 0 Å². The fourth-order valence-corrected chi connectivity index (χ4v) is 5.14. The molecule has 210 valence electrons. The summed E-state index contributed by atoms with van der Waals surface area (Å²) in [5.41, 5.74) is 4.31. The van der Waals surface area contributed by atoms with Crippen LogP contribution in [0.3, 0.4) is 0 Å². The molecule has 0 saturated carbocycles. The first-order valence-electron chi connectivity index (χ1n) is 13.6. The lowest BCUT2D eigenvalue weighted by molar-refractivity contribution is -0.133. The SMILES string of the molecule is COc1cccc(-c2nc3cc(OC)c(OC)cc3cc2CN(C[C@H]2CCCO2)C(=O)CCn2ccc(C)n2)c1. The molecule has 2 aromatic heterocycles. The Morgan fingerprint density at radius 3 is 2.60 bits per heavy atom. The standard InChI is InChI=1S/C31H36N4O5/c1-21-10-12-35(33-21)13-11-30(36)34(20-26-9-6-14-40-26)19-24-15-23-17-28(38-3)29(39-4)18-27(23)32-31(24)22-7-5-8-25(16-22)37-2/h5,7-8,10,12,15-18,26H,6,9,11,13-14,19-20H2,1-4H3/t26-/m1/s1. The molecule has 9 heteroatoms. The van der Waals surface area contributed by atoms with Crippen molar-refractivity contribution >= 4 is 16.8 Å². The van der Waals surface area contributed by atoms with E-state index in [0.29, 0.717) is 37.6 Å². The molecule has 4 aromatic rings. The Morgan fingerprint density at radius 1 is 1.07 bits per heavy atom. The van der Waals surface area contributed by atoms with Crippen LogP contribution < -0.4 is 14.2 Å². The predicted octanol–water partition coefficient (Wildman–Crippen LogP) is 5.03. The number of fused-ring (bicyclic) bond motifs is 1. The molecule has 40 heavy (non-hydrogen) atoms. The molecule has 1 aliphatic heterocycles. The minimum Gasteiger partial charge on any atom is -0.497 e. The van der Waals surface area contributed by atoms with Crippen LogP contribution in [-0.4, -0.2) is 66.2 Å². The minimum absolute atomic E-state index is 0.0222. The van der Waals surface area contributed by atoms with Gasteiger partial charge in [-0.15, -0.1) is 0 Å². The first-order chi connectivity index (χ1) is 19.5. The maximum atomic E-state index is 13.7. The quantitative estimate of drug-likeness (QED) is 0.262. The smallest absolute Gasteiger partial charge is 0.224 e. The zero-order valence-electron chi connectivity index (χ0n) is 23.6. The molecule has 1 atom stereocenters. The highest BCUT2D eigenvalue weighted by atomic mass is 16.5. The van der Waals surface area contributed by atoms with Gasteiger partial charge in [-0.2, -0.15) is 5.10 Å². The molecule has 1 amide bonds. The van der Waals surface area contributed by atoms with E-state index >= 15 is 0 Å². The number of amides is 1. The van der Waals surface area contributed by atoms with Crippen molar-refractivity contribution in [3.8, 4) is 28.5 Å². The molecule has 0 bridgehead atoms. The third kappa shape index (κ3) is 6.20. The predicted molar refractivity (Wildman–Crippen MR) is 153 cm³/mol. The van der Waals surface area contributed by atoms with E-state index in [-0.39, 0.29) is 12.0 Å². The number of pyridine rings is 1. The van der Waals surface area contributed by atoms with Gasteiger partial charge in [-0.05, 0) is 55.7 Å². The van der Waals surface area contributed by atoms with Crippen LogP contribution in [0, 0.1) is 6.92 Å². The number of hydrogen-bond acceptors (Lipinski definition) is 7. The van der Waals surface area contributed by atoms with E-state index in [2.05, 4.69) is 11.2 Å². The van der Waals surface area contributed by atoms with Crippen LogP contribution in [0.15, 0.2) is 54.7 Å². The van der Waals surface area contributed by atoms with Crippen molar-refractivity contribution in [1.82, 2.24) is 19.7 Å². The highest BCUT2D eigenvalue weighted by molar-refractivity contribution is 5.87. The Morgan fingerprint density at radius 2 is 1.90 bits per heavy atom. The van der Waals surface area contributed by atoms with Gasteiger partial charge < -0.3 is 23.8 Å². The van der Waals surface area contributed by atoms with Crippen LogP contribution in [0.2, 0.25) is 0 Å². The van der Waals surface area contributed by atoms with E-state index in [4.69, 9.17) is 23.9 Å². The molecular formula is C31H36N4O5. The van der Waals surface area contributed by atoms with E-state index < -0.39 is 0 Å². The Bertz CT molecular complexity index is 1480. The molecule has 5 rings (SSSR count). The molecule has 3 heterocycles. The van der Waals surface area contributed by atoms with Crippen molar-refractivity contribution in [2.24, 2.45) is 0 Å². The van der Waals surface area contributed by atoms with Gasteiger partial charge in [0, 0.05) is 55.9 Å². The number of ether oxygens (including phenoxy) is 4. The second-order valence-electron chi connectivity index (χ2n) is 10.0. The Labute approximate surface area is 234 Å². The number of hydrogen-bond donors (Lipinski definition) is 0. The molecule has 0 unspecified atom stereocenters. The highest BCUT2D eigenvalue weighted by Gasteiger charge is 2.25. The third-order valence-electron chi connectivity index (χ3n) is 7.23. The van der Waals surface area contributed by atoms with Gasteiger partial charge in [0.05, 0.1) is 44.3 Å². The zero-order chi connectivity index (χ0) is 28.1. The maximum Gasteiger partial charge on any atom is 0.224 e. The average molecular weight is 545 g/mol. The Kier molecular flexibility index (Phi) is 8.50. The summed E-state index contributed by atoms with van der Waals surface area (Å²) in [7, 11) is 4.88. The summed E-state index contributed by atoms with van der Waals surface area (Å²) in [6, 6.07) is 15.7. The lowest BCUT2D eigenvalue weighted by Crippen LogP contribution is -2.37. The average Bonchev–Trinajstić information content (AvgIpc) is 3.65. The van der Waals surface area contributed by atoms with Gasteiger partial charge in [-0.3, -0.25) is 9.48 Å². The van der Waals surface area contributed by atoms with Gasteiger partial charge in [0.15, 0.2) is 11.5 Å². The molecule has 9 nitrogen and oxygen atoms in total. The molecule has 0 spiro atoms. The first kappa shape index (κ1) is 27.5. The maximum absolute atomic E-state index is 13.7. The normalized spacial score (nSPS) is 14.8. The second kappa shape index (κ2) is 12.4. The number of rotatable bonds is 11. The van der Waals surface area contributed by atoms with E-state index in [1.807, 2.05) is 65.2 Å². The second-order valence-corrected chi connectivity index (χ2v) is 10.0.